The Hall–Kier alpha value is -2.11. The predicted molar refractivity (Wildman–Crippen MR) is 69.6 cm³/mol. The summed E-state index contributed by atoms with van der Waals surface area (Å²) in [4.78, 5) is 22.4. The zero-order valence-corrected chi connectivity index (χ0v) is 11.1. The number of hydrogen-bond donors (Lipinski definition) is 3. The number of aliphatic carboxylic acids is 1. The Balaban J connectivity index is 2.59. The molecule has 0 spiro atoms. The second kappa shape index (κ2) is 5.69. The van der Waals surface area contributed by atoms with Crippen molar-refractivity contribution in [3.63, 3.8) is 0 Å². The first-order valence-corrected chi connectivity index (χ1v) is 5.76. The van der Waals surface area contributed by atoms with Crippen LogP contribution in [-0.2, 0) is 4.79 Å². The average Bonchev–Trinajstić information content (AvgIpc) is 2.24. The highest BCUT2D eigenvalue weighted by atomic mass is 19.1. The normalized spacial score (nSPS) is 10.9. The summed E-state index contributed by atoms with van der Waals surface area (Å²) in [5.74, 6) is -1.45. The third kappa shape index (κ3) is 4.57. The van der Waals surface area contributed by atoms with Crippen LogP contribution in [-0.4, -0.2) is 23.7 Å². The van der Waals surface area contributed by atoms with Crippen LogP contribution in [0.25, 0.3) is 0 Å². The molecule has 0 heterocycles. The molecule has 0 bridgehead atoms. The molecule has 1 rings (SSSR count). The number of amides is 2. The Kier molecular flexibility index (Phi) is 4.47. The van der Waals surface area contributed by atoms with Crippen LogP contribution in [0, 0.1) is 18.2 Å². The molecule has 0 fully saturated rings. The number of urea groups is 1. The molecule has 0 unspecified atom stereocenters. The summed E-state index contributed by atoms with van der Waals surface area (Å²) in [5, 5.41) is 13.8. The fourth-order valence-corrected chi connectivity index (χ4v) is 1.36. The standard InChI is InChI=1S/C13H17FN2O3/c1-8-4-9(14)6-10(5-8)16-12(19)15-7-13(2,3)11(17)18/h4-6H,7H2,1-3H3,(H,17,18)(H2,15,16,19). The summed E-state index contributed by atoms with van der Waals surface area (Å²) >= 11 is 0. The van der Waals surface area contributed by atoms with Gasteiger partial charge in [0.15, 0.2) is 0 Å². The maximum atomic E-state index is 13.1. The van der Waals surface area contributed by atoms with Gasteiger partial charge in [-0.15, -0.1) is 0 Å². The number of hydrogen-bond acceptors (Lipinski definition) is 2. The van der Waals surface area contributed by atoms with Crippen molar-refractivity contribution in [3.8, 4) is 0 Å². The largest absolute Gasteiger partial charge is 0.481 e. The van der Waals surface area contributed by atoms with E-state index in [0.717, 1.165) is 0 Å². The van der Waals surface area contributed by atoms with Crippen molar-refractivity contribution >= 4 is 17.7 Å². The summed E-state index contributed by atoms with van der Waals surface area (Å²) in [6.07, 6.45) is 0. The lowest BCUT2D eigenvalue weighted by Crippen LogP contribution is -2.40. The van der Waals surface area contributed by atoms with Crippen molar-refractivity contribution in [2.75, 3.05) is 11.9 Å². The van der Waals surface area contributed by atoms with Gasteiger partial charge in [0.05, 0.1) is 5.41 Å². The molecule has 0 aliphatic rings. The van der Waals surface area contributed by atoms with Gasteiger partial charge in [-0.3, -0.25) is 4.79 Å². The van der Waals surface area contributed by atoms with E-state index in [1.54, 1.807) is 13.0 Å². The van der Waals surface area contributed by atoms with Crippen LogP contribution >= 0.6 is 0 Å². The molecule has 19 heavy (non-hydrogen) atoms. The fraction of sp³-hybridized carbons (Fsp3) is 0.385. The van der Waals surface area contributed by atoms with E-state index in [1.165, 1.54) is 26.0 Å². The lowest BCUT2D eigenvalue weighted by molar-refractivity contribution is -0.146. The van der Waals surface area contributed by atoms with Crippen LogP contribution in [0.5, 0.6) is 0 Å². The van der Waals surface area contributed by atoms with Gasteiger partial charge < -0.3 is 15.7 Å². The van der Waals surface area contributed by atoms with E-state index in [9.17, 15) is 14.0 Å². The van der Waals surface area contributed by atoms with Crippen molar-refractivity contribution in [3.05, 3.63) is 29.6 Å². The highest BCUT2D eigenvalue weighted by Gasteiger charge is 2.27. The highest BCUT2D eigenvalue weighted by molar-refractivity contribution is 5.89. The third-order valence-electron chi connectivity index (χ3n) is 2.57. The van der Waals surface area contributed by atoms with Crippen molar-refractivity contribution in [2.45, 2.75) is 20.8 Å². The zero-order valence-electron chi connectivity index (χ0n) is 11.1. The summed E-state index contributed by atoms with van der Waals surface area (Å²) in [6, 6.07) is 3.58. The molecule has 0 aliphatic carbocycles. The van der Waals surface area contributed by atoms with Crippen LogP contribution in [0.3, 0.4) is 0 Å². The molecule has 0 radical (unpaired) electrons. The Morgan fingerprint density at radius 1 is 1.32 bits per heavy atom. The topological polar surface area (TPSA) is 78.4 Å². The van der Waals surface area contributed by atoms with E-state index in [1.807, 2.05) is 0 Å². The van der Waals surface area contributed by atoms with Crippen molar-refractivity contribution in [1.82, 2.24) is 5.32 Å². The van der Waals surface area contributed by atoms with Crippen LogP contribution in [0.4, 0.5) is 14.9 Å². The molecule has 0 aromatic heterocycles. The van der Waals surface area contributed by atoms with Crippen LogP contribution < -0.4 is 10.6 Å². The average molecular weight is 268 g/mol. The van der Waals surface area contributed by atoms with Gasteiger partial charge in [-0.2, -0.15) is 0 Å². The fourth-order valence-electron chi connectivity index (χ4n) is 1.36. The minimum absolute atomic E-state index is 0.0253. The van der Waals surface area contributed by atoms with E-state index >= 15 is 0 Å². The van der Waals surface area contributed by atoms with Gasteiger partial charge in [0.25, 0.3) is 0 Å². The smallest absolute Gasteiger partial charge is 0.319 e. The number of carbonyl (C=O) groups excluding carboxylic acids is 1. The van der Waals surface area contributed by atoms with Crippen LogP contribution in [0.1, 0.15) is 19.4 Å². The first-order chi connectivity index (χ1) is 8.70. The van der Waals surface area contributed by atoms with Crippen LogP contribution in [0.2, 0.25) is 0 Å². The molecule has 0 saturated heterocycles. The quantitative estimate of drug-likeness (QED) is 0.784. The number of carboxylic acids is 1. The first kappa shape index (κ1) is 14.9. The summed E-state index contributed by atoms with van der Waals surface area (Å²) < 4.78 is 13.1. The van der Waals surface area contributed by atoms with E-state index in [-0.39, 0.29) is 6.54 Å². The number of halogens is 1. The molecule has 5 nitrogen and oxygen atoms in total. The van der Waals surface area contributed by atoms with Gasteiger partial charge >= 0.3 is 12.0 Å². The van der Waals surface area contributed by atoms with Crippen LogP contribution in [0.15, 0.2) is 18.2 Å². The highest BCUT2D eigenvalue weighted by Crippen LogP contribution is 2.15. The predicted octanol–water partition coefficient (Wildman–Crippen LogP) is 2.37. The van der Waals surface area contributed by atoms with Gasteiger partial charge in [-0.25, -0.2) is 9.18 Å². The Labute approximate surface area is 110 Å². The van der Waals surface area contributed by atoms with Gasteiger partial charge in [0.1, 0.15) is 5.82 Å². The van der Waals surface area contributed by atoms with E-state index in [2.05, 4.69) is 10.6 Å². The van der Waals surface area contributed by atoms with Gasteiger partial charge in [-0.1, -0.05) is 0 Å². The van der Waals surface area contributed by atoms with Crippen molar-refractivity contribution in [1.29, 1.82) is 0 Å². The third-order valence-corrected chi connectivity index (χ3v) is 2.57. The number of carbonyl (C=O) groups is 2. The molecule has 104 valence electrons. The van der Waals surface area contributed by atoms with Crippen molar-refractivity contribution < 1.29 is 19.1 Å². The maximum absolute atomic E-state index is 13.1. The molecule has 0 saturated carbocycles. The summed E-state index contributed by atoms with van der Waals surface area (Å²) in [7, 11) is 0. The molecule has 1 aromatic rings. The molecule has 6 heteroatoms. The van der Waals surface area contributed by atoms with Gasteiger partial charge in [0, 0.05) is 12.2 Å². The molecule has 1 aromatic carbocycles. The number of rotatable bonds is 4. The molecule has 2 amide bonds. The Morgan fingerprint density at radius 3 is 2.47 bits per heavy atom. The van der Waals surface area contributed by atoms with E-state index < -0.39 is 23.2 Å². The Bertz CT molecular complexity index is 480. The molecular weight excluding hydrogens is 251 g/mol. The summed E-state index contributed by atoms with van der Waals surface area (Å²) in [6.45, 7) is 4.69. The number of anilines is 1. The lowest BCUT2D eigenvalue weighted by Gasteiger charge is -2.19. The maximum Gasteiger partial charge on any atom is 0.319 e. The number of benzene rings is 1. The van der Waals surface area contributed by atoms with E-state index in [4.69, 9.17) is 5.11 Å². The lowest BCUT2D eigenvalue weighted by atomic mass is 9.94. The molecular formula is C13H17FN2O3. The van der Waals surface area contributed by atoms with Gasteiger partial charge in [-0.05, 0) is 44.5 Å². The summed E-state index contributed by atoms with van der Waals surface area (Å²) in [5.41, 5.74) is -0.0563. The number of nitrogens with one attached hydrogen (secondary N) is 2. The number of carboxylic acid groups (broad SMARTS) is 1. The monoisotopic (exact) mass is 268 g/mol. The van der Waals surface area contributed by atoms with E-state index in [0.29, 0.717) is 11.3 Å². The SMILES string of the molecule is Cc1cc(F)cc(NC(=O)NCC(C)(C)C(=O)O)c1. The van der Waals surface area contributed by atoms with Gasteiger partial charge in [0.2, 0.25) is 0 Å². The molecule has 0 atom stereocenters. The first-order valence-electron chi connectivity index (χ1n) is 5.76. The number of aryl methyl sites for hydroxylation is 1. The minimum Gasteiger partial charge on any atom is -0.481 e. The van der Waals surface area contributed by atoms with Crippen molar-refractivity contribution in [2.24, 2.45) is 5.41 Å². The zero-order chi connectivity index (χ0) is 14.6. The minimum atomic E-state index is -1.06. The second-order valence-electron chi connectivity index (χ2n) is 5.01. The molecule has 0 aliphatic heterocycles. The Morgan fingerprint density at radius 2 is 1.95 bits per heavy atom. The second-order valence-corrected chi connectivity index (χ2v) is 5.01. The molecule has 3 N–H and O–H groups in total.